The molecule has 16 heavy (non-hydrogen) atoms. The quantitative estimate of drug-likeness (QED) is 0.768. The number of nitrogens with zero attached hydrogens (tertiary/aromatic N) is 1. The van der Waals surface area contributed by atoms with Gasteiger partial charge in [0.15, 0.2) is 0 Å². The van der Waals surface area contributed by atoms with Crippen LogP contribution in [0.4, 0.5) is 0 Å². The molecule has 0 bridgehead atoms. The molecule has 0 radical (unpaired) electrons. The standard InChI is InChI=1S/C13H26N2O/c1-3-15(12-6-4-5-7-12)8-11-9-16-10-13(11)14-2/h11-14H,3-10H2,1-2H3. The number of nitrogens with one attached hydrogen (secondary N) is 1. The molecule has 3 heteroatoms. The van der Waals surface area contributed by atoms with Gasteiger partial charge in [0.25, 0.3) is 0 Å². The molecule has 1 heterocycles. The van der Waals surface area contributed by atoms with Gasteiger partial charge in [0.1, 0.15) is 0 Å². The van der Waals surface area contributed by atoms with Gasteiger partial charge in [-0.3, -0.25) is 0 Å². The Kier molecular flexibility index (Phi) is 4.62. The lowest BCUT2D eigenvalue weighted by molar-refractivity contribution is 0.147. The highest BCUT2D eigenvalue weighted by Gasteiger charge is 2.31. The van der Waals surface area contributed by atoms with Crippen molar-refractivity contribution < 1.29 is 4.74 Å². The van der Waals surface area contributed by atoms with Gasteiger partial charge >= 0.3 is 0 Å². The molecule has 3 nitrogen and oxygen atoms in total. The molecule has 0 spiro atoms. The van der Waals surface area contributed by atoms with Crippen LogP contribution in [0, 0.1) is 5.92 Å². The van der Waals surface area contributed by atoms with E-state index in [4.69, 9.17) is 4.74 Å². The van der Waals surface area contributed by atoms with Crippen LogP contribution in [-0.2, 0) is 4.74 Å². The van der Waals surface area contributed by atoms with E-state index < -0.39 is 0 Å². The number of hydrogen-bond donors (Lipinski definition) is 1. The highest BCUT2D eigenvalue weighted by molar-refractivity contribution is 4.85. The molecule has 2 atom stereocenters. The van der Waals surface area contributed by atoms with Crippen molar-refractivity contribution in [2.75, 3.05) is 33.4 Å². The first kappa shape index (κ1) is 12.3. The lowest BCUT2D eigenvalue weighted by Gasteiger charge is -2.31. The molecule has 1 aliphatic heterocycles. The molecule has 1 aliphatic carbocycles. The van der Waals surface area contributed by atoms with Crippen LogP contribution in [0.5, 0.6) is 0 Å². The molecular formula is C13H26N2O. The summed E-state index contributed by atoms with van der Waals surface area (Å²) < 4.78 is 5.58. The third-order valence-electron chi connectivity index (χ3n) is 4.29. The monoisotopic (exact) mass is 226 g/mol. The van der Waals surface area contributed by atoms with Gasteiger partial charge in [0.05, 0.1) is 13.2 Å². The Hall–Kier alpha value is -0.120. The van der Waals surface area contributed by atoms with E-state index in [0.717, 1.165) is 19.3 Å². The van der Waals surface area contributed by atoms with Crippen molar-refractivity contribution in [3.05, 3.63) is 0 Å². The highest BCUT2D eigenvalue weighted by Crippen LogP contribution is 2.25. The minimum atomic E-state index is 0.565. The second-order valence-corrected chi connectivity index (χ2v) is 5.22. The maximum atomic E-state index is 5.58. The van der Waals surface area contributed by atoms with Gasteiger partial charge in [-0.15, -0.1) is 0 Å². The molecule has 0 aromatic heterocycles. The van der Waals surface area contributed by atoms with Crippen LogP contribution in [-0.4, -0.2) is 50.3 Å². The normalized spacial score (nSPS) is 31.7. The van der Waals surface area contributed by atoms with Crippen molar-refractivity contribution in [1.82, 2.24) is 10.2 Å². The SMILES string of the molecule is CCN(CC1COCC1NC)C1CCCC1. The van der Waals surface area contributed by atoms with Gasteiger partial charge in [-0.2, -0.15) is 0 Å². The zero-order valence-electron chi connectivity index (χ0n) is 10.7. The fraction of sp³-hybridized carbons (Fsp3) is 1.00. The zero-order valence-corrected chi connectivity index (χ0v) is 10.7. The van der Waals surface area contributed by atoms with Crippen LogP contribution in [0.1, 0.15) is 32.6 Å². The Morgan fingerprint density at radius 1 is 1.25 bits per heavy atom. The van der Waals surface area contributed by atoms with E-state index in [9.17, 15) is 0 Å². The van der Waals surface area contributed by atoms with E-state index >= 15 is 0 Å². The Morgan fingerprint density at radius 2 is 2.00 bits per heavy atom. The summed E-state index contributed by atoms with van der Waals surface area (Å²) in [7, 11) is 2.05. The van der Waals surface area contributed by atoms with E-state index in [2.05, 4.69) is 24.2 Å². The van der Waals surface area contributed by atoms with Crippen molar-refractivity contribution in [3.63, 3.8) is 0 Å². The van der Waals surface area contributed by atoms with E-state index in [-0.39, 0.29) is 0 Å². The summed E-state index contributed by atoms with van der Waals surface area (Å²) >= 11 is 0. The van der Waals surface area contributed by atoms with Gasteiger partial charge in [0, 0.05) is 24.5 Å². The molecule has 1 N–H and O–H groups in total. The number of rotatable bonds is 5. The Bertz CT molecular complexity index is 204. The number of likely N-dealkylation sites (N-methyl/N-ethyl adjacent to an activating group) is 1. The van der Waals surface area contributed by atoms with Crippen LogP contribution >= 0.6 is 0 Å². The average molecular weight is 226 g/mol. The summed E-state index contributed by atoms with van der Waals surface area (Å²) in [5.74, 6) is 0.686. The molecular weight excluding hydrogens is 200 g/mol. The molecule has 1 saturated heterocycles. The van der Waals surface area contributed by atoms with Gasteiger partial charge < -0.3 is 15.0 Å². The van der Waals surface area contributed by atoms with Crippen molar-refractivity contribution in [1.29, 1.82) is 0 Å². The summed E-state index contributed by atoms with van der Waals surface area (Å²) in [6, 6.07) is 1.42. The molecule has 2 aliphatic rings. The first-order valence-corrected chi connectivity index (χ1v) is 6.84. The predicted octanol–water partition coefficient (Wildman–Crippen LogP) is 1.49. The average Bonchev–Trinajstić information content (AvgIpc) is 2.96. The van der Waals surface area contributed by atoms with Crippen LogP contribution in [0.25, 0.3) is 0 Å². The molecule has 94 valence electrons. The lowest BCUT2D eigenvalue weighted by atomic mass is 10.0. The molecule has 0 amide bonds. The second kappa shape index (κ2) is 5.99. The van der Waals surface area contributed by atoms with Crippen LogP contribution in [0.15, 0.2) is 0 Å². The first-order chi connectivity index (χ1) is 7.85. The molecule has 0 aromatic rings. The van der Waals surface area contributed by atoms with E-state index in [1.165, 1.54) is 38.8 Å². The zero-order chi connectivity index (χ0) is 11.4. The molecule has 2 rings (SSSR count). The van der Waals surface area contributed by atoms with Crippen molar-refractivity contribution in [3.8, 4) is 0 Å². The van der Waals surface area contributed by atoms with Gasteiger partial charge in [-0.1, -0.05) is 19.8 Å². The first-order valence-electron chi connectivity index (χ1n) is 6.84. The van der Waals surface area contributed by atoms with Gasteiger partial charge in [0.2, 0.25) is 0 Å². The Morgan fingerprint density at radius 3 is 2.62 bits per heavy atom. The highest BCUT2D eigenvalue weighted by atomic mass is 16.5. The van der Waals surface area contributed by atoms with Gasteiger partial charge in [-0.05, 0) is 26.4 Å². The fourth-order valence-corrected chi connectivity index (χ4v) is 3.20. The Labute approximate surface area is 99.5 Å². The summed E-state index contributed by atoms with van der Waals surface area (Å²) in [5.41, 5.74) is 0. The summed E-state index contributed by atoms with van der Waals surface area (Å²) in [6.07, 6.45) is 5.67. The van der Waals surface area contributed by atoms with Crippen molar-refractivity contribution in [2.24, 2.45) is 5.92 Å². The van der Waals surface area contributed by atoms with Crippen LogP contribution in [0.3, 0.4) is 0 Å². The van der Waals surface area contributed by atoms with Gasteiger partial charge in [-0.25, -0.2) is 0 Å². The number of ether oxygens (including phenoxy) is 1. The lowest BCUT2D eigenvalue weighted by Crippen LogP contribution is -2.43. The summed E-state index contributed by atoms with van der Waals surface area (Å²) in [6.45, 7) is 6.53. The maximum absolute atomic E-state index is 5.58. The van der Waals surface area contributed by atoms with Crippen molar-refractivity contribution >= 4 is 0 Å². The van der Waals surface area contributed by atoms with E-state index in [1.807, 2.05) is 0 Å². The van der Waals surface area contributed by atoms with Crippen LogP contribution in [0.2, 0.25) is 0 Å². The molecule has 1 saturated carbocycles. The number of hydrogen-bond acceptors (Lipinski definition) is 3. The predicted molar refractivity (Wildman–Crippen MR) is 66.7 cm³/mol. The smallest absolute Gasteiger partial charge is 0.0623 e. The Balaban J connectivity index is 1.85. The minimum absolute atomic E-state index is 0.565. The van der Waals surface area contributed by atoms with Crippen molar-refractivity contribution in [2.45, 2.75) is 44.7 Å². The van der Waals surface area contributed by atoms with Crippen LogP contribution < -0.4 is 5.32 Å². The fourth-order valence-electron chi connectivity index (χ4n) is 3.20. The maximum Gasteiger partial charge on any atom is 0.0623 e. The summed E-state index contributed by atoms with van der Waals surface area (Å²) in [4.78, 5) is 2.68. The third kappa shape index (κ3) is 2.76. The summed E-state index contributed by atoms with van der Waals surface area (Å²) in [5, 5.41) is 3.38. The second-order valence-electron chi connectivity index (χ2n) is 5.22. The molecule has 0 aromatic carbocycles. The molecule has 2 unspecified atom stereocenters. The third-order valence-corrected chi connectivity index (χ3v) is 4.29. The van der Waals surface area contributed by atoms with E-state index in [0.29, 0.717) is 12.0 Å². The molecule has 2 fully saturated rings. The minimum Gasteiger partial charge on any atom is -0.379 e. The largest absolute Gasteiger partial charge is 0.379 e. The topological polar surface area (TPSA) is 24.5 Å². The van der Waals surface area contributed by atoms with E-state index in [1.54, 1.807) is 0 Å².